The van der Waals surface area contributed by atoms with E-state index in [-0.39, 0.29) is 23.8 Å². The molecule has 7 nitrogen and oxygen atoms in total. The predicted octanol–water partition coefficient (Wildman–Crippen LogP) is 2.26. The molecule has 1 fully saturated rings. The SMILES string of the molecule is Cc1cc(C)n(-c2ccc(C(=O)NC3CCN(C(=O)C(C)C)CC3)cn2)n1. The molecule has 144 valence electrons. The highest BCUT2D eigenvalue weighted by Gasteiger charge is 2.25. The Morgan fingerprint density at radius 3 is 2.41 bits per heavy atom. The number of carbonyl (C=O) groups is 2. The molecule has 0 radical (unpaired) electrons. The largest absolute Gasteiger partial charge is 0.349 e. The first-order valence-electron chi connectivity index (χ1n) is 9.44. The van der Waals surface area contributed by atoms with Gasteiger partial charge in [-0.3, -0.25) is 9.59 Å². The van der Waals surface area contributed by atoms with Crippen LogP contribution in [0.15, 0.2) is 24.4 Å². The normalized spacial score (nSPS) is 15.2. The van der Waals surface area contributed by atoms with Crippen molar-refractivity contribution >= 4 is 11.8 Å². The minimum Gasteiger partial charge on any atom is -0.349 e. The van der Waals surface area contributed by atoms with Gasteiger partial charge in [0.2, 0.25) is 5.91 Å². The summed E-state index contributed by atoms with van der Waals surface area (Å²) in [5.74, 6) is 0.764. The predicted molar refractivity (Wildman–Crippen MR) is 103 cm³/mol. The van der Waals surface area contributed by atoms with E-state index in [2.05, 4.69) is 15.4 Å². The smallest absolute Gasteiger partial charge is 0.253 e. The lowest BCUT2D eigenvalue weighted by Crippen LogP contribution is -2.47. The van der Waals surface area contributed by atoms with Crippen LogP contribution in [0.2, 0.25) is 0 Å². The molecule has 1 aliphatic heterocycles. The summed E-state index contributed by atoms with van der Waals surface area (Å²) >= 11 is 0. The number of carbonyl (C=O) groups excluding carboxylic acids is 2. The molecule has 0 aliphatic carbocycles. The fourth-order valence-corrected chi connectivity index (χ4v) is 3.38. The molecule has 0 unspecified atom stereocenters. The fraction of sp³-hybridized carbons (Fsp3) is 0.500. The van der Waals surface area contributed by atoms with Crippen LogP contribution in [0.4, 0.5) is 0 Å². The molecule has 0 atom stereocenters. The molecule has 2 aromatic rings. The van der Waals surface area contributed by atoms with Crippen molar-refractivity contribution in [2.24, 2.45) is 5.92 Å². The van der Waals surface area contributed by atoms with Gasteiger partial charge in [0.05, 0.1) is 11.3 Å². The van der Waals surface area contributed by atoms with Crippen LogP contribution in [0.25, 0.3) is 5.82 Å². The van der Waals surface area contributed by atoms with E-state index in [1.165, 1.54) is 0 Å². The van der Waals surface area contributed by atoms with E-state index >= 15 is 0 Å². The summed E-state index contributed by atoms with van der Waals surface area (Å²) in [6.45, 7) is 9.12. The van der Waals surface area contributed by atoms with Gasteiger partial charge in [-0.15, -0.1) is 0 Å². The molecule has 0 spiro atoms. The van der Waals surface area contributed by atoms with Gasteiger partial charge in [-0.25, -0.2) is 9.67 Å². The van der Waals surface area contributed by atoms with Gasteiger partial charge in [0.15, 0.2) is 5.82 Å². The third-order valence-corrected chi connectivity index (χ3v) is 4.87. The van der Waals surface area contributed by atoms with Gasteiger partial charge in [0.1, 0.15) is 0 Å². The molecule has 2 aromatic heterocycles. The lowest BCUT2D eigenvalue weighted by Gasteiger charge is -2.33. The second-order valence-electron chi connectivity index (χ2n) is 7.47. The first-order chi connectivity index (χ1) is 12.8. The molecule has 1 N–H and O–H groups in total. The van der Waals surface area contributed by atoms with Gasteiger partial charge in [-0.05, 0) is 44.9 Å². The Balaban J connectivity index is 1.58. The molecular formula is C20H27N5O2. The third kappa shape index (κ3) is 4.35. The molecule has 0 bridgehead atoms. The Labute approximate surface area is 159 Å². The number of likely N-dealkylation sites (tertiary alicyclic amines) is 1. The summed E-state index contributed by atoms with van der Waals surface area (Å²) in [6, 6.07) is 5.65. The number of aromatic nitrogens is 3. The van der Waals surface area contributed by atoms with Crippen LogP contribution in [-0.4, -0.2) is 50.6 Å². The van der Waals surface area contributed by atoms with Gasteiger partial charge in [-0.2, -0.15) is 5.10 Å². The molecule has 3 rings (SSSR count). The van der Waals surface area contributed by atoms with Crippen LogP contribution in [-0.2, 0) is 4.79 Å². The number of rotatable bonds is 4. The van der Waals surface area contributed by atoms with Crippen molar-refractivity contribution in [2.45, 2.75) is 46.6 Å². The van der Waals surface area contributed by atoms with Crippen LogP contribution in [0, 0.1) is 19.8 Å². The van der Waals surface area contributed by atoms with Gasteiger partial charge in [0, 0.05) is 36.9 Å². The van der Waals surface area contributed by atoms with E-state index < -0.39 is 0 Å². The Bertz CT molecular complexity index is 817. The maximum absolute atomic E-state index is 12.5. The number of nitrogens with one attached hydrogen (secondary N) is 1. The van der Waals surface area contributed by atoms with E-state index in [0.29, 0.717) is 24.5 Å². The quantitative estimate of drug-likeness (QED) is 0.896. The number of hydrogen-bond donors (Lipinski definition) is 1. The standard InChI is InChI=1S/C20H27N5O2/c1-13(2)20(27)24-9-7-17(8-10-24)22-19(26)16-5-6-18(21-12-16)25-15(4)11-14(3)23-25/h5-6,11-13,17H,7-10H2,1-4H3,(H,22,26). The Kier molecular flexibility index (Phi) is 5.58. The molecule has 2 amide bonds. The number of nitrogens with zero attached hydrogens (tertiary/aromatic N) is 4. The summed E-state index contributed by atoms with van der Waals surface area (Å²) in [6.07, 6.45) is 3.14. The maximum atomic E-state index is 12.5. The number of hydrogen-bond acceptors (Lipinski definition) is 4. The highest BCUT2D eigenvalue weighted by Crippen LogP contribution is 2.15. The van der Waals surface area contributed by atoms with Gasteiger partial charge < -0.3 is 10.2 Å². The first-order valence-corrected chi connectivity index (χ1v) is 9.44. The Morgan fingerprint density at radius 2 is 1.89 bits per heavy atom. The molecule has 0 saturated carbocycles. The highest BCUT2D eigenvalue weighted by molar-refractivity contribution is 5.94. The Morgan fingerprint density at radius 1 is 1.19 bits per heavy atom. The summed E-state index contributed by atoms with van der Waals surface area (Å²) in [5.41, 5.74) is 2.46. The van der Waals surface area contributed by atoms with Crippen molar-refractivity contribution in [3.8, 4) is 5.82 Å². The number of aryl methyl sites for hydroxylation is 2. The van der Waals surface area contributed by atoms with Crippen LogP contribution in [0.3, 0.4) is 0 Å². The summed E-state index contributed by atoms with van der Waals surface area (Å²) in [7, 11) is 0. The molecule has 1 saturated heterocycles. The average Bonchev–Trinajstić information content (AvgIpc) is 3.00. The molecule has 0 aromatic carbocycles. The van der Waals surface area contributed by atoms with Gasteiger partial charge in [0.25, 0.3) is 5.91 Å². The highest BCUT2D eigenvalue weighted by atomic mass is 16.2. The van der Waals surface area contributed by atoms with Crippen LogP contribution in [0.5, 0.6) is 0 Å². The van der Waals surface area contributed by atoms with Gasteiger partial charge >= 0.3 is 0 Å². The second kappa shape index (κ2) is 7.90. The van der Waals surface area contributed by atoms with Crippen molar-refractivity contribution in [1.29, 1.82) is 0 Å². The summed E-state index contributed by atoms with van der Waals surface area (Å²) in [4.78, 5) is 30.8. The van der Waals surface area contributed by atoms with Crippen LogP contribution >= 0.6 is 0 Å². The van der Waals surface area contributed by atoms with Crippen molar-refractivity contribution in [3.05, 3.63) is 41.3 Å². The topological polar surface area (TPSA) is 80.1 Å². The lowest BCUT2D eigenvalue weighted by atomic mass is 10.0. The van der Waals surface area contributed by atoms with Crippen molar-refractivity contribution < 1.29 is 9.59 Å². The third-order valence-electron chi connectivity index (χ3n) is 4.87. The Hall–Kier alpha value is -2.70. The number of pyridine rings is 1. The number of amides is 2. The minimum atomic E-state index is -0.129. The summed E-state index contributed by atoms with van der Waals surface area (Å²) < 4.78 is 1.76. The van der Waals surface area contributed by atoms with E-state index in [1.807, 2.05) is 38.7 Å². The first kappa shape index (κ1) is 19.1. The van der Waals surface area contributed by atoms with Crippen molar-refractivity contribution in [1.82, 2.24) is 25.0 Å². The summed E-state index contributed by atoms with van der Waals surface area (Å²) in [5, 5.41) is 7.46. The van der Waals surface area contributed by atoms with Crippen molar-refractivity contribution in [3.63, 3.8) is 0 Å². The van der Waals surface area contributed by atoms with E-state index in [0.717, 1.165) is 24.2 Å². The van der Waals surface area contributed by atoms with E-state index in [9.17, 15) is 9.59 Å². The molecule has 27 heavy (non-hydrogen) atoms. The average molecular weight is 369 g/mol. The van der Waals surface area contributed by atoms with E-state index in [1.54, 1.807) is 23.0 Å². The maximum Gasteiger partial charge on any atom is 0.253 e. The van der Waals surface area contributed by atoms with Crippen molar-refractivity contribution in [2.75, 3.05) is 13.1 Å². The molecular weight excluding hydrogens is 342 g/mol. The number of piperidine rings is 1. The van der Waals surface area contributed by atoms with Gasteiger partial charge in [-0.1, -0.05) is 13.8 Å². The zero-order valence-electron chi connectivity index (χ0n) is 16.4. The fourth-order valence-electron chi connectivity index (χ4n) is 3.38. The van der Waals surface area contributed by atoms with E-state index in [4.69, 9.17) is 0 Å². The lowest BCUT2D eigenvalue weighted by molar-refractivity contribution is -0.135. The van der Waals surface area contributed by atoms with Crippen LogP contribution < -0.4 is 5.32 Å². The zero-order chi connectivity index (χ0) is 19.6. The molecule has 7 heteroatoms. The molecule has 1 aliphatic rings. The molecule has 3 heterocycles. The van der Waals surface area contributed by atoms with Crippen LogP contribution in [0.1, 0.15) is 48.4 Å². The minimum absolute atomic E-state index is 0.0166. The second-order valence-corrected chi connectivity index (χ2v) is 7.47. The zero-order valence-corrected chi connectivity index (χ0v) is 16.4. The monoisotopic (exact) mass is 369 g/mol.